The summed E-state index contributed by atoms with van der Waals surface area (Å²) in [6.07, 6.45) is 6.51. The summed E-state index contributed by atoms with van der Waals surface area (Å²) in [5.41, 5.74) is 4.19. The zero-order valence-electron chi connectivity index (χ0n) is 15.1. The Morgan fingerprint density at radius 3 is 3.15 bits per heavy atom. The first-order valence-corrected chi connectivity index (χ1v) is 9.54. The average molecular weight is 362 g/mol. The highest BCUT2D eigenvalue weighted by molar-refractivity contribution is 5.81. The molecule has 4 heterocycles. The Hall–Kier alpha value is -2.80. The van der Waals surface area contributed by atoms with Gasteiger partial charge in [-0.05, 0) is 25.0 Å². The fraction of sp³-hybridized carbons (Fsp3) is 0.400. The number of carbonyl (C=O) groups excluding carboxylic acids is 1. The van der Waals surface area contributed by atoms with Crippen LogP contribution in [0.15, 0.2) is 36.8 Å². The first kappa shape index (κ1) is 16.4. The molecule has 7 heteroatoms. The topological polar surface area (TPSA) is 75.9 Å². The van der Waals surface area contributed by atoms with Crippen LogP contribution in [0.2, 0.25) is 0 Å². The number of amides is 1. The van der Waals surface area contributed by atoms with Gasteiger partial charge >= 0.3 is 0 Å². The molecule has 5 rings (SSSR count). The number of imidazole rings is 1. The molecule has 138 valence electrons. The van der Waals surface area contributed by atoms with Gasteiger partial charge in [0.15, 0.2) is 5.82 Å². The largest absolute Gasteiger partial charge is 0.331 e. The normalized spacial score (nSPS) is 19.4. The second kappa shape index (κ2) is 6.74. The third kappa shape index (κ3) is 2.98. The SMILES string of the molecule is O=C(Cn1cnc2ccccc21)N1CCC[C@@H]1c1ncc2c(n1)CCNC2. The van der Waals surface area contributed by atoms with Gasteiger partial charge < -0.3 is 14.8 Å². The number of hydrogen-bond donors (Lipinski definition) is 1. The predicted octanol–water partition coefficient (Wildman–Crippen LogP) is 1.84. The van der Waals surface area contributed by atoms with E-state index in [1.165, 1.54) is 5.56 Å². The van der Waals surface area contributed by atoms with Gasteiger partial charge in [0.25, 0.3) is 0 Å². The average Bonchev–Trinajstić information content (AvgIpc) is 3.35. The minimum atomic E-state index is -0.0209. The van der Waals surface area contributed by atoms with E-state index in [-0.39, 0.29) is 11.9 Å². The Kier molecular flexibility index (Phi) is 4.09. The molecule has 1 N–H and O–H groups in total. The predicted molar refractivity (Wildman–Crippen MR) is 101 cm³/mol. The number of benzene rings is 1. The standard InChI is InChI=1S/C20H22N6O/c27-19(12-25-13-23-16-4-1-2-5-17(16)25)26-9-3-6-18(26)20-22-11-14-10-21-8-7-15(14)24-20/h1-2,4-5,11,13,18,21H,3,6-10,12H2/t18-/m1/s1. The van der Waals surface area contributed by atoms with Gasteiger partial charge in [-0.2, -0.15) is 0 Å². The van der Waals surface area contributed by atoms with Gasteiger partial charge in [0.2, 0.25) is 5.91 Å². The highest BCUT2D eigenvalue weighted by Crippen LogP contribution is 2.31. The van der Waals surface area contributed by atoms with Crippen LogP contribution in [-0.2, 0) is 24.3 Å². The molecule has 0 radical (unpaired) electrons. The molecule has 3 aromatic rings. The number of hydrogen-bond acceptors (Lipinski definition) is 5. The molecular formula is C20H22N6O. The molecule has 0 aliphatic carbocycles. The van der Waals surface area contributed by atoms with Crippen molar-refractivity contribution in [3.05, 3.63) is 53.9 Å². The van der Waals surface area contributed by atoms with Crippen LogP contribution in [0, 0.1) is 0 Å². The Labute approximate surface area is 157 Å². The summed E-state index contributed by atoms with van der Waals surface area (Å²) in [5.74, 6) is 0.889. The number of para-hydroxylation sites is 2. The summed E-state index contributed by atoms with van der Waals surface area (Å²) in [6.45, 7) is 2.84. The van der Waals surface area contributed by atoms with Crippen LogP contribution >= 0.6 is 0 Å². The summed E-state index contributed by atoms with van der Waals surface area (Å²) in [7, 11) is 0. The molecule has 0 bridgehead atoms. The second-order valence-corrected chi connectivity index (χ2v) is 7.23. The summed E-state index contributed by atoms with van der Waals surface area (Å²) in [5, 5.41) is 3.34. The van der Waals surface area contributed by atoms with Gasteiger partial charge in [-0.3, -0.25) is 4.79 Å². The number of carbonyl (C=O) groups is 1. The zero-order chi connectivity index (χ0) is 18.2. The quantitative estimate of drug-likeness (QED) is 0.769. The highest BCUT2D eigenvalue weighted by atomic mass is 16.2. The van der Waals surface area contributed by atoms with E-state index in [9.17, 15) is 4.79 Å². The van der Waals surface area contributed by atoms with Crippen molar-refractivity contribution in [2.75, 3.05) is 13.1 Å². The van der Waals surface area contributed by atoms with Gasteiger partial charge in [0, 0.05) is 43.5 Å². The number of nitrogens with zero attached hydrogens (tertiary/aromatic N) is 5. The molecule has 0 saturated carbocycles. The first-order valence-electron chi connectivity index (χ1n) is 9.54. The van der Waals surface area contributed by atoms with Crippen LogP contribution in [0.3, 0.4) is 0 Å². The monoisotopic (exact) mass is 362 g/mol. The molecule has 1 fully saturated rings. The van der Waals surface area contributed by atoms with Gasteiger partial charge in [-0.25, -0.2) is 15.0 Å². The van der Waals surface area contributed by atoms with Crippen molar-refractivity contribution in [2.24, 2.45) is 0 Å². The summed E-state index contributed by atoms with van der Waals surface area (Å²) in [4.78, 5) is 28.8. The molecule has 1 aromatic carbocycles. The van der Waals surface area contributed by atoms with E-state index < -0.39 is 0 Å². The minimum absolute atomic E-state index is 0.0209. The molecule has 27 heavy (non-hydrogen) atoms. The van der Waals surface area contributed by atoms with Crippen molar-refractivity contribution in [1.29, 1.82) is 0 Å². The van der Waals surface area contributed by atoms with Gasteiger partial charge in [-0.15, -0.1) is 0 Å². The van der Waals surface area contributed by atoms with Crippen LogP contribution in [0.5, 0.6) is 0 Å². The third-order valence-corrected chi connectivity index (χ3v) is 5.53. The Balaban J connectivity index is 1.38. The number of rotatable bonds is 3. The van der Waals surface area contributed by atoms with E-state index in [1.54, 1.807) is 6.33 Å². The van der Waals surface area contributed by atoms with Crippen molar-refractivity contribution in [3.8, 4) is 0 Å². The molecule has 2 aliphatic heterocycles. The Morgan fingerprint density at radius 1 is 1.26 bits per heavy atom. The van der Waals surface area contributed by atoms with Gasteiger partial charge in [-0.1, -0.05) is 12.1 Å². The molecule has 2 aromatic heterocycles. The van der Waals surface area contributed by atoms with Crippen molar-refractivity contribution < 1.29 is 4.79 Å². The maximum atomic E-state index is 13.0. The number of aromatic nitrogens is 4. The lowest BCUT2D eigenvalue weighted by atomic mass is 10.1. The van der Waals surface area contributed by atoms with Crippen molar-refractivity contribution >= 4 is 16.9 Å². The maximum Gasteiger partial charge on any atom is 0.243 e. The number of fused-ring (bicyclic) bond motifs is 2. The van der Waals surface area contributed by atoms with Crippen molar-refractivity contribution in [1.82, 2.24) is 29.7 Å². The molecule has 1 amide bonds. The molecule has 2 aliphatic rings. The lowest BCUT2D eigenvalue weighted by molar-refractivity contribution is -0.132. The van der Waals surface area contributed by atoms with Gasteiger partial charge in [0.1, 0.15) is 6.54 Å². The molecule has 7 nitrogen and oxygen atoms in total. The maximum absolute atomic E-state index is 13.0. The van der Waals surface area contributed by atoms with E-state index in [2.05, 4.69) is 15.3 Å². The summed E-state index contributed by atoms with van der Waals surface area (Å²) >= 11 is 0. The van der Waals surface area contributed by atoms with E-state index in [4.69, 9.17) is 4.98 Å². The minimum Gasteiger partial charge on any atom is -0.331 e. The van der Waals surface area contributed by atoms with E-state index >= 15 is 0 Å². The smallest absolute Gasteiger partial charge is 0.243 e. The van der Waals surface area contributed by atoms with Crippen LogP contribution in [0.4, 0.5) is 0 Å². The fourth-order valence-electron chi connectivity index (χ4n) is 4.12. The van der Waals surface area contributed by atoms with Crippen molar-refractivity contribution in [3.63, 3.8) is 0 Å². The summed E-state index contributed by atoms with van der Waals surface area (Å²) < 4.78 is 1.92. The van der Waals surface area contributed by atoms with Crippen molar-refractivity contribution in [2.45, 2.75) is 38.4 Å². The Bertz CT molecular complexity index is 997. The molecule has 0 unspecified atom stereocenters. The summed E-state index contributed by atoms with van der Waals surface area (Å²) in [6, 6.07) is 7.87. The highest BCUT2D eigenvalue weighted by Gasteiger charge is 2.32. The number of nitrogens with one attached hydrogen (secondary N) is 1. The van der Waals surface area contributed by atoms with Gasteiger partial charge in [0.05, 0.1) is 23.4 Å². The van der Waals surface area contributed by atoms with Crippen LogP contribution in [0.25, 0.3) is 11.0 Å². The van der Waals surface area contributed by atoms with E-state index in [0.29, 0.717) is 6.54 Å². The molecule has 1 saturated heterocycles. The van der Waals surface area contributed by atoms with Crippen LogP contribution < -0.4 is 5.32 Å². The first-order chi connectivity index (χ1) is 13.3. The number of likely N-dealkylation sites (tertiary alicyclic amines) is 1. The third-order valence-electron chi connectivity index (χ3n) is 5.53. The molecule has 1 atom stereocenters. The van der Waals surface area contributed by atoms with E-state index in [0.717, 1.165) is 61.4 Å². The Morgan fingerprint density at radius 2 is 2.19 bits per heavy atom. The fourth-order valence-corrected chi connectivity index (χ4v) is 4.12. The lowest BCUT2D eigenvalue weighted by Gasteiger charge is -2.25. The second-order valence-electron chi connectivity index (χ2n) is 7.23. The van der Waals surface area contributed by atoms with Crippen LogP contribution in [-0.4, -0.2) is 43.4 Å². The molecule has 0 spiro atoms. The molecular weight excluding hydrogens is 340 g/mol. The lowest BCUT2D eigenvalue weighted by Crippen LogP contribution is -2.34. The van der Waals surface area contributed by atoms with Crippen LogP contribution in [0.1, 0.15) is 36.0 Å². The zero-order valence-corrected chi connectivity index (χ0v) is 15.1. The van der Waals surface area contributed by atoms with E-state index in [1.807, 2.05) is 39.9 Å².